The van der Waals surface area contributed by atoms with Gasteiger partial charge in [-0.2, -0.15) is 19.2 Å². The molecule has 0 saturated heterocycles. The monoisotopic (exact) mass is 1620 g/mol. The smallest absolute Gasteiger partial charge is 0.411 e. The van der Waals surface area contributed by atoms with E-state index < -0.39 is 179 Å². The highest BCUT2D eigenvalue weighted by Crippen LogP contribution is 2.26. The molecule has 636 valence electrons. The summed E-state index contributed by atoms with van der Waals surface area (Å²) >= 11 is 0. The van der Waals surface area contributed by atoms with Crippen molar-refractivity contribution in [3.8, 4) is 0 Å². The summed E-state index contributed by atoms with van der Waals surface area (Å²) < 4.78 is 61.1. The highest BCUT2D eigenvalue weighted by atomic mass is 16.7. The first-order valence-electron chi connectivity index (χ1n) is 36.0. The van der Waals surface area contributed by atoms with E-state index in [2.05, 4.69) is 40.4 Å². The zero-order valence-electron chi connectivity index (χ0n) is 69.0. The average Bonchev–Trinajstić information content (AvgIpc) is 0.776. The molecule has 0 radical (unpaired) electrons. The second-order valence-electron chi connectivity index (χ2n) is 29.5. The molecule has 0 spiro atoms. The Kier molecular flexibility index (Phi) is 50.4. The number of hydrogen-bond acceptors (Lipinski definition) is 28. The number of rotatable bonds is 39. The zero-order chi connectivity index (χ0) is 88.6. The summed E-state index contributed by atoms with van der Waals surface area (Å²) in [5.41, 5.74) is 31.4. The molecule has 4 N–H and O–H groups in total. The minimum Gasteiger partial charge on any atom is -0.464 e. The molecular weight excluding hydrogens is 1500 g/mol. The first-order chi connectivity index (χ1) is 52.6. The maximum Gasteiger partial charge on any atom is 0.411 e. The van der Waals surface area contributed by atoms with Crippen molar-refractivity contribution in [1.82, 2.24) is 21.3 Å². The van der Waals surface area contributed by atoms with Crippen LogP contribution in [-0.2, 0) is 114 Å². The number of nitrogens with one attached hydrogen (secondary N) is 4. The van der Waals surface area contributed by atoms with Crippen LogP contribution in [0.2, 0.25) is 0 Å². The number of ketones is 4. The SMILES string of the molecule is CC(C)OC(=O)[C@H](CCC(=O)C=[N+]=[N-])NC(=O)OC(C)(C)OC(=O)C(C)(C)C.CC(C)OC(=O)[C@H](CCC(=O)C=[N+]=[N-])NC(=O)OC(OC(=O)C(C)(C)C)C(C)C.CC(C)OC(=O)[C@H](CCC(=O)C=[N+]=[N-])NC(=O)OC(OC(=O)C(C)(C)C)c1ccccc1.CCOC(=O)[C@H](CCC(=O)C=[N+]=[N-])NC(=O)OC(C)OC(=O)C(C)C. The predicted molar refractivity (Wildman–Crippen MR) is 399 cm³/mol. The van der Waals surface area contributed by atoms with Gasteiger partial charge in [-0.3, -0.25) is 38.4 Å². The summed E-state index contributed by atoms with van der Waals surface area (Å²) in [5.74, 6) is -9.77. The van der Waals surface area contributed by atoms with Crippen LogP contribution in [0.1, 0.15) is 222 Å². The van der Waals surface area contributed by atoms with Gasteiger partial charge in [-0.05, 0) is 136 Å². The van der Waals surface area contributed by atoms with Gasteiger partial charge < -0.3 is 100 Å². The number of Topliss-reactive ketones (excluding diaryl/α,β-unsaturated/α-hetero) is 4. The molecular formula is C74H112N12O28. The Labute approximate surface area is 662 Å². The molecule has 0 aliphatic rings. The molecule has 0 aliphatic carbocycles. The first kappa shape index (κ1) is 106. The number of carbonyl (C=O) groups is 16. The Bertz CT molecular complexity index is 3610. The maximum atomic E-state index is 12.5. The number of alkyl carbamates (subject to hydrolysis) is 4. The van der Waals surface area contributed by atoms with Crippen LogP contribution in [0, 0.1) is 28.1 Å². The van der Waals surface area contributed by atoms with Crippen molar-refractivity contribution in [3.63, 3.8) is 0 Å². The van der Waals surface area contributed by atoms with E-state index in [-0.39, 0.29) is 69.8 Å². The molecule has 0 fully saturated rings. The Morgan fingerprint density at radius 1 is 0.377 bits per heavy atom. The van der Waals surface area contributed by atoms with Gasteiger partial charge in [-0.25, -0.2) is 38.4 Å². The van der Waals surface area contributed by atoms with E-state index in [0.717, 1.165) is 0 Å². The third-order valence-electron chi connectivity index (χ3n) is 13.2. The number of nitrogens with zero attached hydrogens (tertiary/aromatic N) is 8. The van der Waals surface area contributed by atoms with Crippen LogP contribution in [-0.4, -0.2) is 207 Å². The van der Waals surface area contributed by atoms with Gasteiger partial charge in [0, 0.05) is 57.9 Å². The summed E-state index contributed by atoms with van der Waals surface area (Å²) in [6, 6.07) is 3.64. The first-order valence-corrected chi connectivity index (χ1v) is 36.0. The van der Waals surface area contributed by atoms with Gasteiger partial charge in [0.1, 0.15) is 24.2 Å². The lowest BCUT2D eigenvalue weighted by atomic mass is 9.97. The van der Waals surface area contributed by atoms with Crippen LogP contribution in [0.4, 0.5) is 19.2 Å². The van der Waals surface area contributed by atoms with Crippen LogP contribution in [0.5, 0.6) is 0 Å². The Balaban J connectivity index is -0.00000145. The molecule has 1 rings (SSSR count). The molecule has 40 nitrogen and oxygen atoms in total. The largest absolute Gasteiger partial charge is 0.464 e. The van der Waals surface area contributed by atoms with Crippen molar-refractivity contribution in [2.24, 2.45) is 28.1 Å². The number of esters is 8. The van der Waals surface area contributed by atoms with Crippen LogP contribution in [0.25, 0.3) is 22.1 Å². The molecule has 1 aromatic carbocycles. The Hall–Kier alpha value is -11.7. The lowest BCUT2D eigenvalue weighted by molar-refractivity contribution is -0.203. The number of benzene rings is 1. The minimum atomic E-state index is -1.58. The number of carbonyl (C=O) groups excluding carboxylic acids is 16. The van der Waals surface area contributed by atoms with E-state index in [1.807, 2.05) is 0 Å². The maximum absolute atomic E-state index is 12.5. The van der Waals surface area contributed by atoms with Gasteiger partial charge in [-0.15, -0.1) is 0 Å². The van der Waals surface area contributed by atoms with Crippen molar-refractivity contribution in [2.45, 2.75) is 278 Å². The quantitative estimate of drug-likeness (QED) is 0.0121. The molecule has 0 saturated carbocycles. The third-order valence-corrected chi connectivity index (χ3v) is 13.2. The normalized spacial score (nSPS) is 12.7. The number of amides is 4. The Morgan fingerprint density at radius 2 is 0.702 bits per heavy atom. The standard InChI is InChI=1S/C22H29N3O7.C19H31N3O7.C18H29N3O7.C15H23N3O7/c1-14(2)30-18(27)17(12-11-16(26)13-24-23)25-21(29)32-19(15-9-7-6-8-10-15)31-20(28)22(3,4)5;1-11(2)16(28-17(25)19(5,6)7)29-18(26)22-14(15(24)27-12(3)4)9-8-13(23)10-21-20;1-11(2)26-14(23)13(9-8-12(22)10-20-19)21-16(25)28-18(6,7)27-15(24)17(3,4)5;1-5-23-14(21)12(7-6-11(19)8-17-16)18-15(22)25-10(4)24-13(20)9(2)3/h6-10,13-14,17,19H,11-12H2,1-5H3,(H,25,29);10-12,14,16H,8-9H2,1-7H3,(H,22,26);10-11,13H,8-9H2,1-7H3,(H,21,25);8-10,12H,5-7H2,1-4H3,(H,18,22)/t17-,19?;14-,16?;13-;10?,12-/m0000/s1. The van der Waals surface area contributed by atoms with Crippen LogP contribution >= 0.6 is 0 Å². The molecule has 40 heteroatoms. The molecule has 0 bridgehead atoms. The fraction of sp³-hybridized carbons (Fsp3) is 0.649. The molecule has 0 heterocycles. The van der Waals surface area contributed by atoms with E-state index in [9.17, 15) is 76.7 Å². The van der Waals surface area contributed by atoms with Gasteiger partial charge in [0.25, 0.3) is 18.4 Å². The van der Waals surface area contributed by atoms with E-state index in [1.165, 1.54) is 20.8 Å². The molecule has 4 amide bonds. The van der Waals surface area contributed by atoms with E-state index in [1.54, 1.807) is 169 Å². The van der Waals surface area contributed by atoms with Crippen molar-refractivity contribution in [2.75, 3.05) is 6.61 Å². The van der Waals surface area contributed by atoms with Crippen LogP contribution in [0.15, 0.2) is 30.3 Å². The predicted octanol–water partition coefficient (Wildman–Crippen LogP) is 8.07. The van der Waals surface area contributed by atoms with E-state index in [0.29, 0.717) is 30.4 Å². The number of ether oxygens (including phenoxy) is 12. The van der Waals surface area contributed by atoms with Crippen molar-refractivity contribution in [1.29, 1.82) is 0 Å². The zero-order valence-corrected chi connectivity index (χ0v) is 69.0. The molecule has 7 atom stereocenters. The highest BCUT2D eigenvalue weighted by Gasteiger charge is 2.37. The van der Waals surface area contributed by atoms with E-state index >= 15 is 0 Å². The summed E-state index contributed by atoms with van der Waals surface area (Å²) in [7, 11) is 0. The van der Waals surface area contributed by atoms with Gasteiger partial charge in [0.15, 0.2) is 0 Å². The van der Waals surface area contributed by atoms with Crippen LogP contribution in [0.3, 0.4) is 0 Å². The van der Waals surface area contributed by atoms with Gasteiger partial charge in [-0.1, -0.05) is 58.0 Å². The lowest BCUT2D eigenvalue weighted by Crippen LogP contribution is -2.47. The fourth-order valence-corrected chi connectivity index (χ4v) is 7.47. The van der Waals surface area contributed by atoms with Crippen LogP contribution < -0.4 is 21.3 Å². The lowest BCUT2D eigenvalue weighted by Gasteiger charge is -2.29. The fourth-order valence-electron chi connectivity index (χ4n) is 7.47. The van der Waals surface area contributed by atoms with Gasteiger partial charge in [0.2, 0.25) is 29.4 Å². The molecule has 0 aliphatic heterocycles. The molecule has 3 unspecified atom stereocenters. The molecule has 1 aromatic rings. The summed E-state index contributed by atoms with van der Waals surface area (Å²) in [4.78, 5) is 201. The van der Waals surface area contributed by atoms with Crippen molar-refractivity contribution in [3.05, 3.63) is 58.0 Å². The highest BCUT2D eigenvalue weighted by molar-refractivity contribution is 6.26. The van der Waals surface area contributed by atoms with Crippen molar-refractivity contribution < 1.29 is 153 Å². The van der Waals surface area contributed by atoms with Crippen molar-refractivity contribution >= 4 is 120 Å². The summed E-state index contributed by atoms with van der Waals surface area (Å²) in [5, 5.41) is 9.22. The van der Waals surface area contributed by atoms with Gasteiger partial charge in [0.05, 0.1) is 47.1 Å². The second kappa shape index (κ2) is 54.0. The summed E-state index contributed by atoms with van der Waals surface area (Å²) in [6.07, 6.45) is -7.41. The topological polar surface area (TPSA) is 578 Å². The summed E-state index contributed by atoms with van der Waals surface area (Å²) in [6.45, 7) is 37.1. The molecule has 114 heavy (non-hydrogen) atoms. The minimum absolute atomic E-state index is 0.0838. The average molecular weight is 1620 g/mol. The Morgan fingerprint density at radius 3 is 1.02 bits per heavy atom. The molecule has 0 aromatic heterocycles. The second-order valence-corrected chi connectivity index (χ2v) is 29.5. The van der Waals surface area contributed by atoms with Gasteiger partial charge >= 0.3 is 97.0 Å². The third kappa shape index (κ3) is 50.9. The van der Waals surface area contributed by atoms with E-state index in [4.69, 9.17) is 79.0 Å². The number of hydrogen-bond donors (Lipinski definition) is 4.